The number of aromatic nitrogens is 2. The molecule has 0 amide bonds. The third-order valence-corrected chi connectivity index (χ3v) is 4.20. The summed E-state index contributed by atoms with van der Waals surface area (Å²) in [5.41, 5.74) is 3.96. The molecule has 130 valence electrons. The van der Waals surface area contributed by atoms with Gasteiger partial charge < -0.3 is 5.41 Å². The maximum atomic E-state index is 11.3. The fourth-order valence-electron chi connectivity index (χ4n) is 2.52. The molecule has 0 spiro atoms. The van der Waals surface area contributed by atoms with Crippen LogP contribution in [0.3, 0.4) is 0 Å². The summed E-state index contributed by atoms with van der Waals surface area (Å²) in [6, 6.07) is 12.7. The van der Waals surface area contributed by atoms with Crippen LogP contribution in [0.1, 0.15) is 34.3 Å². The number of carbonyl (C=O) groups is 1. The summed E-state index contributed by atoms with van der Waals surface area (Å²) >= 11 is 5.94. The van der Waals surface area contributed by atoms with Gasteiger partial charge in [0.2, 0.25) is 0 Å². The number of hydrogen-bond donors (Lipinski definition) is 1. The molecule has 5 nitrogen and oxygen atoms in total. The number of nitrogens with one attached hydrogen (secondary N) is 1. The summed E-state index contributed by atoms with van der Waals surface area (Å²) in [7, 11) is 0. The first-order valence-corrected chi connectivity index (χ1v) is 8.47. The zero-order chi connectivity index (χ0) is 18.5. The molecule has 3 aromatic rings. The number of fused-ring (bicyclic) bond motifs is 1. The van der Waals surface area contributed by atoms with Crippen molar-refractivity contribution in [1.29, 1.82) is 5.41 Å². The Morgan fingerprint density at radius 3 is 2.69 bits per heavy atom. The molecule has 26 heavy (non-hydrogen) atoms. The van der Waals surface area contributed by atoms with E-state index in [1.807, 2.05) is 24.3 Å². The summed E-state index contributed by atoms with van der Waals surface area (Å²) in [5, 5.41) is 8.09. The minimum Gasteiger partial charge on any atom is -0.312 e. The summed E-state index contributed by atoms with van der Waals surface area (Å²) < 4.78 is 0. The predicted molar refractivity (Wildman–Crippen MR) is 105 cm³/mol. The van der Waals surface area contributed by atoms with E-state index in [4.69, 9.17) is 17.0 Å². The normalized spacial score (nSPS) is 12.4. The Labute approximate surface area is 156 Å². The van der Waals surface area contributed by atoms with Crippen LogP contribution in [0.25, 0.3) is 11.0 Å². The Morgan fingerprint density at radius 1 is 1.23 bits per heavy atom. The Bertz CT molecular complexity index is 983. The van der Waals surface area contributed by atoms with Crippen molar-refractivity contribution in [3.63, 3.8) is 0 Å². The molecule has 1 unspecified atom stereocenters. The van der Waals surface area contributed by atoms with Crippen molar-refractivity contribution in [2.45, 2.75) is 19.4 Å². The van der Waals surface area contributed by atoms with Gasteiger partial charge in [-0.15, -0.1) is 0 Å². The van der Waals surface area contributed by atoms with Crippen molar-refractivity contribution in [3.8, 4) is 0 Å². The van der Waals surface area contributed by atoms with Gasteiger partial charge in [-0.25, -0.2) is 4.98 Å². The molecule has 0 saturated heterocycles. The molecule has 0 aliphatic rings. The molecule has 6 heteroatoms. The SMILES string of the molecule is CC(=O)c1ccc(CN=CC(C=N)c2cnc3ccc(Cl)nc3c2)cc1. The standard InChI is InChI=1S/C20H17ClN4O/c1-13(26)15-4-2-14(3-5-15)10-23-11-17(9-22)16-8-19-18(24-12-16)6-7-20(21)25-19/h2-9,11-12,17,22H,10H2,1H3. The second-order valence-electron chi connectivity index (χ2n) is 5.88. The second-order valence-corrected chi connectivity index (χ2v) is 6.26. The van der Waals surface area contributed by atoms with Gasteiger partial charge in [0, 0.05) is 24.2 Å². The van der Waals surface area contributed by atoms with Gasteiger partial charge in [0.1, 0.15) is 5.15 Å². The fraction of sp³-hybridized carbons (Fsp3) is 0.150. The summed E-state index contributed by atoms with van der Waals surface area (Å²) in [6.45, 7) is 2.02. The van der Waals surface area contributed by atoms with Gasteiger partial charge >= 0.3 is 0 Å². The lowest BCUT2D eigenvalue weighted by atomic mass is 10.0. The van der Waals surface area contributed by atoms with Crippen molar-refractivity contribution >= 4 is 40.8 Å². The largest absolute Gasteiger partial charge is 0.312 e. The van der Waals surface area contributed by atoms with E-state index in [0.717, 1.165) is 16.6 Å². The van der Waals surface area contributed by atoms with Gasteiger partial charge in [-0.05, 0) is 36.2 Å². The third-order valence-electron chi connectivity index (χ3n) is 3.99. The minimum atomic E-state index is -0.288. The van der Waals surface area contributed by atoms with E-state index in [9.17, 15) is 4.79 Å². The van der Waals surface area contributed by atoms with E-state index in [1.54, 1.807) is 37.5 Å². The second kappa shape index (κ2) is 7.97. The quantitative estimate of drug-likeness (QED) is 0.397. The monoisotopic (exact) mass is 364 g/mol. The van der Waals surface area contributed by atoms with Crippen LogP contribution in [-0.2, 0) is 6.54 Å². The lowest BCUT2D eigenvalue weighted by Crippen LogP contribution is -2.03. The highest BCUT2D eigenvalue weighted by molar-refractivity contribution is 6.29. The molecule has 0 saturated carbocycles. The molecule has 2 heterocycles. The van der Waals surface area contributed by atoms with Crippen LogP contribution in [0, 0.1) is 5.41 Å². The van der Waals surface area contributed by atoms with Gasteiger partial charge in [0.25, 0.3) is 0 Å². The zero-order valence-electron chi connectivity index (χ0n) is 14.2. The first kappa shape index (κ1) is 17.9. The van der Waals surface area contributed by atoms with Crippen molar-refractivity contribution in [2.75, 3.05) is 0 Å². The minimum absolute atomic E-state index is 0.0430. The first-order chi connectivity index (χ1) is 12.6. The third kappa shape index (κ3) is 4.18. The molecule has 2 aromatic heterocycles. The van der Waals surface area contributed by atoms with Gasteiger partial charge in [0.05, 0.1) is 23.5 Å². The smallest absolute Gasteiger partial charge is 0.159 e. The molecule has 0 aliphatic carbocycles. The van der Waals surface area contributed by atoms with Crippen molar-refractivity contribution in [3.05, 3.63) is 70.5 Å². The van der Waals surface area contributed by atoms with E-state index in [0.29, 0.717) is 22.8 Å². The summed E-state index contributed by atoms with van der Waals surface area (Å²) in [4.78, 5) is 24.3. The number of pyridine rings is 2. The van der Waals surface area contributed by atoms with Gasteiger partial charge in [0.15, 0.2) is 5.78 Å². The topological polar surface area (TPSA) is 79.1 Å². The molecule has 1 N–H and O–H groups in total. The highest BCUT2D eigenvalue weighted by atomic mass is 35.5. The molecule has 3 rings (SSSR count). The van der Waals surface area contributed by atoms with Crippen LogP contribution < -0.4 is 0 Å². The van der Waals surface area contributed by atoms with E-state index in [1.165, 1.54) is 6.21 Å². The number of Topliss-reactive ketones (excluding diaryl/α,β-unsaturated/α-hetero) is 1. The highest BCUT2D eigenvalue weighted by Gasteiger charge is 2.08. The number of aliphatic imine (C=N–C) groups is 1. The van der Waals surface area contributed by atoms with E-state index >= 15 is 0 Å². The average molecular weight is 365 g/mol. The molecular formula is C20H17ClN4O. The number of ketones is 1. The molecular weight excluding hydrogens is 348 g/mol. The maximum Gasteiger partial charge on any atom is 0.159 e. The van der Waals surface area contributed by atoms with Crippen molar-refractivity contribution in [2.24, 2.45) is 4.99 Å². The van der Waals surface area contributed by atoms with Gasteiger partial charge in [-0.1, -0.05) is 35.9 Å². The van der Waals surface area contributed by atoms with E-state index < -0.39 is 0 Å². The number of nitrogens with zero attached hydrogens (tertiary/aromatic N) is 3. The first-order valence-electron chi connectivity index (χ1n) is 8.09. The van der Waals surface area contributed by atoms with Crippen LogP contribution in [0.4, 0.5) is 0 Å². The highest BCUT2D eigenvalue weighted by Crippen LogP contribution is 2.18. The molecule has 1 atom stereocenters. The Kier molecular flexibility index (Phi) is 5.49. The lowest BCUT2D eigenvalue weighted by molar-refractivity contribution is 0.101. The molecule has 1 aromatic carbocycles. The molecule has 0 fully saturated rings. The molecule has 0 bridgehead atoms. The van der Waals surface area contributed by atoms with Crippen LogP contribution >= 0.6 is 11.6 Å². The Morgan fingerprint density at radius 2 is 2.00 bits per heavy atom. The lowest BCUT2D eigenvalue weighted by Gasteiger charge is -2.07. The van der Waals surface area contributed by atoms with Crippen molar-refractivity contribution in [1.82, 2.24) is 9.97 Å². The van der Waals surface area contributed by atoms with Crippen LogP contribution in [0.2, 0.25) is 5.15 Å². The van der Waals surface area contributed by atoms with Crippen LogP contribution in [0.5, 0.6) is 0 Å². The molecule has 0 radical (unpaired) electrons. The Balaban J connectivity index is 1.75. The van der Waals surface area contributed by atoms with E-state index in [-0.39, 0.29) is 11.7 Å². The number of rotatable bonds is 6. The Hall–Kier alpha value is -2.92. The van der Waals surface area contributed by atoms with Crippen LogP contribution in [0.15, 0.2) is 53.7 Å². The predicted octanol–water partition coefficient (Wildman–Crippen LogP) is 4.49. The van der Waals surface area contributed by atoms with Gasteiger partial charge in [-0.3, -0.25) is 14.8 Å². The fourth-order valence-corrected chi connectivity index (χ4v) is 2.68. The number of hydrogen-bond acceptors (Lipinski definition) is 5. The number of carbonyl (C=O) groups excluding carboxylic acids is 1. The number of halogens is 1. The average Bonchev–Trinajstić information content (AvgIpc) is 2.65. The van der Waals surface area contributed by atoms with Gasteiger partial charge in [-0.2, -0.15) is 0 Å². The summed E-state index contributed by atoms with van der Waals surface area (Å²) in [5.74, 6) is -0.245. The number of benzene rings is 1. The zero-order valence-corrected chi connectivity index (χ0v) is 14.9. The maximum absolute atomic E-state index is 11.3. The van der Waals surface area contributed by atoms with Crippen LogP contribution in [-0.4, -0.2) is 28.2 Å². The summed E-state index contributed by atoms with van der Waals surface area (Å²) in [6.07, 6.45) is 4.76. The van der Waals surface area contributed by atoms with E-state index in [2.05, 4.69) is 15.0 Å². The molecule has 0 aliphatic heterocycles. The van der Waals surface area contributed by atoms with Crippen molar-refractivity contribution < 1.29 is 4.79 Å².